The average Bonchev–Trinajstić information content (AvgIpc) is 3.28. The summed E-state index contributed by atoms with van der Waals surface area (Å²) in [6.07, 6.45) is 2.26. The molecule has 2 atom stereocenters. The van der Waals surface area contributed by atoms with Crippen molar-refractivity contribution in [1.82, 2.24) is 24.8 Å². The Kier molecular flexibility index (Phi) is 8.46. The maximum absolute atomic E-state index is 14.8. The molecule has 2 aliphatic rings. The van der Waals surface area contributed by atoms with Crippen LogP contribution in [0.1, 0.15) is 26.2 Å². The fourth-order valence-corrected chi connectivity index (χ4v) is 4.83. The fourth-order valence-electron chi connectivity index (χ4n) is 4.29. The molecule has 3 amide bonds. The predicted octanol–water partition coefficient (Wildman–Crippen LogP) is 3.19. The summed E-state index contributed by atoms with van der Waals surface area (Å²) in [5.74, 6) is 0.573. The lowest BCUT2D eigenvalue weighted by atomic mass is 10.0. The van der Waals surface area contributed by atoms with Gasteiger partial charge in [0.05, 0.1) is 12.2 Å². The standard InChI is InChI=1S/C22H30F2N8O3S/c1-3-31-9-5-14(6-10-31)35-22(34)28-18-4-8-25-19(27-18)32-11-7-15(23)16(13-32)30(2)21(33)29-20-26-12-17(24)36-20/h4,8,12,14-16H,3,5-7,9-11,13H2,1-2H3,(H,26,29,33)(H,25,27,28,34)/t15-,16+/m1/s1. The molecule has 4 heterocycles. The molecule has 2 aliphatic heterocycles. The lowest BCUT2D eigenvalue weighted by Crippen LogP contribution is -2.55. The van der Waals surface area contributed by atoms with Gasteiger partial charge in [0.25, 0.3) is 0 Å². The number of nitrogens with zero attached hydrogens (tertiary/aromatic N) is 6. The van der Waals surface area contributed by atoms with Crippen molar-refractivity contribution in [1.29, 1.82) is 0 Å². The average molecular weight is 525 g/mol. The number of aromatic nitrogens is 3. The highest BCUT2D eigenvalue weighted by atomic mass is 32.1. The van der Waals surface area contributed by atoms with Gasteiger partial charge < -0.3 is 19.4 Å². The number of urea groups is 1. The van der Waals surface area contributed by atoms with E-state index < -0.39 is 29.5 Å². The second-order valence-electron chi connectivity index (χ2n) is 8.73. The molecule has 0 saturated carbocycles. The number of alkyl halides is 1. The molecule has 4 rings (SSSR count). The van der Waals surface area contributed by atoms with Crippen molar-refractivity contribution in [3.8, 4) is 0 Å². The molecular weight excluding hydrogens is 494 g/mol. The van der Waals surface area contributed by atoms with Crippen LogP contribution in [-0.2, 0) is 4.74 Å². The molecule has 11 nitrogen and oxygen atoms in total. The van der Waals surface area contributed by atoms with Crippen molar-refractivity contribution in [3.63, 3.8) is 0 Å². The van der Waals surface area contributed by atoms with Crippen LogP contribution in [0.5, 0.6) is 0 Å². The molecule has 0 unspecified atom stereocenters. The van der Waals surface area contributed by atoms with Crippen LogP contribution >= 0.6 is 11.3 Å². The van der Waals surface area contributed by atoms with Gasteiger partial charge in [-0.25, -0.2) is 23.9 Å². The highest BCUT2D eigenvalue weighted by Gasteiger charge is 2.35. The van der Waals surface area contributed by atoms with Crippen LogP contribution < -0.4 is 15.5 Å². The third-order valence-electron chi connectivity index (χ3n) is 6.42. The van der Waals surface area contributed by atoms with Gasteiger partial charge in [-0.3, -0.25) is 10.6 Å². The van der Waals surface area contributed by atoms with Gasteiger partial charge in [-0.05, 0) is 31.9 Å². The summed E-state index contributed by atoms with van der Waals surface area (Å²) in [4.78, 5) is 42.7. The van der Waals surface area contributed by atoms with E-state index >= 15 is 0 Å². The van der Waals surface area contributed by atoms with Gasteiger partial charge in [0.15, 0.2) is 10.3 Å². The van der Waals surface area contributed by atoms with E-state index in [1.165, 1.54) is 18.1 Å². The molecule has 0 radical (unpaired) electrons. The van der Waals surface area contributed by atoms with Crippen molar-refractivity contribution in [2.45, 2.75) is 44.5 Å². The minimum absolute atomic E-state index is 0.0948. The second-order valence-corrected chi connectivity index (χ2v) is 9.72. The zero-order valence-corrected chi connectivity index (χ0v) is 21.0. The molecule has 2 fully saturated rings. The molecule has 0 aliphatic carbocycles. The summed E-state index contributed by atoms with van der Waals surface area (Å²) in [5.41, 5.74) is 0. The Hall–Kier alpha value is -3.13. The van der Waals surface area contributed by atoms with E-state index in [1.54, 1.807) is 11.0 Å². The predicted molar refractivity (Wildman–Crippen MR) is 132 cm³/mol. The summed E-state index contributed by atoms with van der Waals surface area (Å²) in [6, 6.07) is 0.168. The summed E-state index contributed by atoms with van der Waals surface area (Å²) in [6.45, 7) is 5.36. The summed E-state index contributed by atoms with van der Waals surface area (Å²) in [5, 5.41) is 4.69. The molecule has 2 saturated heterocycles. The van der Waals surface area contributed by atoms with Gasteiger partial charge >= 0.3 is 12.1 Å². The van der Waals surface area contributed by atoms with Gasteiger partial charge in [0.1, 0.15) is 18.1 Å². The molecule has 2 aromatic heterocycles. The number of amides is 3. The molecule has 0 aromatic carbocycles. The van der Waals surface area contributed by atoms with E-state index in [4.69, 9.17) is 4.74 Å². The maximum atomic E-state index is 14.8. The van der Waals surface area contributed by atoms with Crippen LogP contribution in [0.3, 0.4) is 0 Å². The van der Waals surface area contributed by atoms with E-state index in [0.29, 0.717) is 23.8 Å². The molecule has 14 heteroatoms. The highest BCUT2D eigenvalue weighted by Crippen LogP contribution is 2.24. The van der Waals surface area contributed by atoms with Crippen LogP contribution in [-0.4, -0.2) is 95.0 Å². The summed E-state index contributed by atoms with van der Waals surface area (Å²) >= 11 is 0.689. The Labute approximate surface area is 211 Å². The largest absolute Gasteiger partial charge is 0.446 e. The first-order valence-corrected chi connectivity index (χ1v) is 12.7. The number of likely N-dealkylation sites (N-methyl/N-ethyl adjacent to an activating group) is 1. The van der Waals surface area contributed by atoms with E-state index in [-0.39, 0.29) is 30.0 Å². The molecule has 0 spiro atoms. The van der Waals surface area contributed by atoms with Crippen LogP contribution in [0.4, 0.5) is 35.3 Å². The van der Waals surface area contributed by atoms with Crippen LogP contribution in [0.2, 0.25) is 0 Å². The number of halogens is 2. The van der Waals surface area contributed by atoms with Crippen molar-refractivity contribution in [2.24, 2.45) is 0 Å². The van der Waals surface area contributed by atoms with Gasteiger partial charge in [0, 0.05) is 39.4 Å². The number of hydrogen-bond donors (Lipinski definition) is 2. The van der Waals surface area contributed by atoms with E-state index in [1.807, 2.05) is 0 Å². The van der Waals surface area contributed by atoms with Gasteiger partial charge in [-0.2, -0.15) is 9.37 Å². The molecule has 2 N–H and O–H groups in total. The Bertz CT molecular complexity index is 1050. The smallest absolute Gasteiger partial charge is 0.413 e. The second kappa shape index (κ2) is 11.7. The van der Waals surface area contributed by atoms with Crippen molar-refractivity contribution in [3.05, 3.63) is 23.6 Å². The minimum atomic E-state index is -1.26. The number of thiazole rings is 1. The molecule has 36 heavy (non-hydrogen) atoms. The zero-order valence-electron chi connectivity index (χ0n) is 20.2. The first kappa shape index (κ1) is 25.9. The lowest BCUT2D eigenvalue weighted by Gasteiger charge is -2.39. The number of carbonyl (C=O) groups excluding carboxylic acids is 2. The first-order valence-electron chi connectivity index (χ1n) is 11.9. The summed E-state index contributed by atoms with van der Waals surface area (Å²) in [7, 11) is 1.47. The SMILES string of the molecule is CCN1CCC(OC(=O)Nc2ccnc(N3CC[C@@H](F)[C@@H](N(C)C(=O)Nc4ncc(F)s4)C3)n2)CC1. The Morgan fingerprint density at radius 1 is 1.22 bits per heavy atom. The number of ether oxygens (including phenoxy) is 1. The van der Waals surface area contributed by atoms with E-state index in [9.17, 15) is 18.4 Å². The highest BCUT2D eigenvalue weighted by molar-refractivity contribution is 7.14. The Morgan fingerprint density at radius 3 is 2.69 bits per heavy atom. The molecule has 2 aromatic rings. The molecular formula is C22H30F2N8O3S. The minimum Gasteiger partial charge on any atom is -0.446 e. The van der Waals surface area contributed by atoms with Crippen molar-refractivity contribution < 1.29 is 23.1 Å². The quantitative estimate of drug-likeness (QED) is 0.592. The van der Waals surface area contributed by atoms with Crippen LogP contribution in [0.15, 0.2) is 18.5 Å². The van der Waals surface area contributed by atoms with Gasteiger partial charge in [0.2, 0.25) is 5.95 Å². The van der Waals surface area contributed by atoms with E-state index in [0.717, 1.165) is 38.7 Å². The van der Waals surface area contributed by atoms with Crippen molar-refractivity contribution in [2.75, 3.05) is 55.3 Å². The maximum Gasteiger partial charge on any atom is 0.413 e. The monoisotopic (exact) mass is 524 g/mol. The number of anilines is 3. The number of hydrogen-bond acceptors (Lipinski definition) is 9. The van der Waals surface area contributed by atoms with Crippen LogP contribution in [0.25, 0.3) is 0 Å². The number of piperidine rings is 2. The number of carbonyl (C=O) groups is 2. The van der Waals surface area contributed by atoms with Crippen LogP contribution in [0, 0.1) is 5.13 Å². The third kappa shape index (κ3) is 6.55. The molecule has 0 bridgehead atoms. The number of rotatable bonds is 6. The van der Waals surface area contributed by atoms with E-state index in [2.05, 4.69) is 37.4 Å². The Morgan fingerprint density at radius 2 is 2.00 bits per heavy atom. The van der Waals surface area contributed by atoms with Gasteiger partial charge in [-0.15, -0.1) is 0 Å². The third-order valence-corrected chi connectivity index (χ3v) is 7.12. The number of likely N-dealkylation sites (tertiary alicyclic amines) is 1. The zero-order chi connectivity index (χ0) is 25.7. The fraction of sp³-hybridized carbons (Fsp3) is 0.591. The number of nitrogens with one attached hydrogen (secondary N) is 2. The normalized spacial score (nSPS) is 21.2. The van der Waals surface area contributed by atoms with Gasteiger partial charge in [-0.1, -0.05) is 18.3 Å². The lowest BCUT2D eigenvalue weighted by molar-refractivity contribution is 0.0605. The van der Waals surface area contributed by atoms with Crippen molar-refractivity contribution >= 4 is 40.4 Å². The summed E-state index contributed by atoms with van der Waals surface area (Å²) < 4.78 is 33.5. The Balaban J connectivity index is 1.34. The molecule has 196 valence electrons. The first-order chi connectivity index (χ1) is 17.3. The topological polar surface area (TPSA) is 116 Å².